The van der Waals surface area contributed by atoms with Crippen molar-refractivity contribution in [2.45, 2.75) is 38.2 Å². The number of carbonyl (C=O) groups is 1. The summed E-state index contributed by atoms with van der Waals surface area (Å²) in [4.78, 5) is 20.1. The van der Waals surface area contributed by atoms with Gasteiger partial charge in [-0.15, -0.1) is 0 Å². The van der Waals surface area contributed by atoms with Crippen LogP contribution in [-0.4, -0.2) is 57.2 Å². The van der Waals surface area contributed by atoms with Gasteiger partial charge in [0.2, 0.25) is 18.3 Å². The van der Waals surface area contributed by atoms with Gasteiger partial charge in [-0.3, -0.25) is 10.3 Å². The lowest BCUT2D eigenvalue weighted by atomic mass is 10.2. The van der Waals surface area contributed by atoms with E-state index in [0.29, 0.717) is 24.3 Å². The third kappa shape index (κ3) is 9.22. The minimum atomic E-state index is -4.50. The van der Waals surface area contributed by atoms with Gasteiger partial charge in [-0.25, -0.2) is 4.79 Å². The normalized spacial score (nSPS) is 17.5. The number of carbonyl (C=O) groups excluding carboxylic acids is 1. The zero-order chi connectivity index (χ0) is 22.7. The van der Waals surface area contributed by atoms with Crippen LogP contribution in [0.25, 0.3) is 0 Å². The molecule has 0 aromatic heterocycles. The second-order valence-electron chi connectivity index (χ2n) is 6.66. The van der Waals surface area contributed by atoms with Crippen molar-refractivity contribution in [3.05, 3.63) is 29.8 Å². The fourth-order valence-electron chi connectivity index (χ4n) is 2.63. The van der Waals surface area contributed by atoms with E-state index in [1.807, 2.05) is 0 Å². The maximum absolute atomic E-state index is 12.5. The number of guanidine groups is 2. The van der Waals surface area contributed by atoms with E-state index >= 15 is 0 Å². The molecule has 1 heterocycles. The predicted octanol–water partition coefficient (Wildman–Crippen LogP) is 2.17. The molecule has 1 aliphatic heterocycles. The number of methoxy groups -OCH3 is 1. The van der Waals surface area contributed by atoms with Crippen LogP contribution >= 0.6 is 0 Å². The Bertz CT molecular complexity index is 785. The van der Waals surface area contributed by atoms with E-state index in [-0.39, 0.29) is 11.9 Å². The van der Waals surface area contributed by atoms with Crippen LogP contribution in [0.5, 0.6) is 0 Å². The van der Waals surface area contributed by atoms with Gasteiger partial charge >= 0.3 is 12.1 Å². The summed E-state index contributed by atoms with van der Waals surface area (Å²) in [7, 11) is 1.27. The number of rotatable bonds is 10. The number of hydrogen-bond donors (Lipinski definition) is 4. The molecule has 0 radical (unpaired) electrons. The fraction of sp³-hybridized carbons (Fsp3) is 0.526. The summed E-state index contributed by atoms with van der Waals surface area (Å²) in [6, 6.07) is 6.39. The number of aliphatic imine (C=N–C) groups is 2. The highest BCUT2D eigenvalue weighted by molar-refractivity contribution is 6.07. The lowest BCUT2D eigenvalue weighted by Crippen LogP contribution is -2.54. The van der Waals surface area contributed by atoms with Gasteiger partial charge in [0.05, 0.1) is 12.7 Å². The lowest BCUT2D eigenvalue weighted by Gasteiger charge is -2.26. The van der Waals surface area contributed by atoms with E-state index in [4.69, 9.17) is 10.5 Å². The summed E-state index contributed by atoms with van der Waals surface area (Å²) >= 11 is 0. The van der Waals surface area contributed by atoms with Gasteiger partial charge in [-0.2, -0.15) is 18.2 Å². The number of nitrogens with zero attached hydrogens (tertiary/aromatic N) is 2. The van der Waals surface area contributed by atoms with Crippen LogP contribution in [-0.2, 0) is 9.47 Å². The number of anilines is 1. The molecule has 172 valence electrons. The summed E-state index contributed by atoms with van der Waals surface area (Å²) in [6.45, 7) is -0.360. The zero-order valence-electron chi connectivity index (χ0n) is 17.2. The number of benzene rings is 1. The van der Waals surface area contributed by atoms with Crippen molar-refractivity contribution in [3.63, 3.8) is 0 Å². The number of nitrogens with two attached hydrogens (primary N) is 1. The summed E-state index contributed by atoms with van der Waals surface area (Å²) in [5.74, 6) is -0.172. The Labute approximate surface area is 178 Å². The molecule has 5 N–H and O–H groups in total. The van der Waals surface area contributed by atoms with Gasteiger partial charge in [0.25, 0.3) is 0 Å². The number of nitrogens with one attached hydrogen (secondary N) is 3. The molecule has 31 heavy (non-hydrogen) atoms. The van der Waals surface area contributed by atoms with Crippen molar-refractivity contribution in [1.82, 2.24) is 10.6 Å². The molecule has 1 aromatic carbocycles. The Morgan fingerprint density at radius 1 is 1.29 bits per heavy atom. The SMILES string of the molecule is COC(=O)c1cccc(NC2=NC(OCC(F)(F)F)NC(=NCCCCCCN)N2)c1. The van der Waals surface area contributed by atoms with Crippen LogP contribution < -0.4 is 21.7 Å². The van der Waals surface area contributed by atoms with E-state index in [9.17, 15) is 18.0 Å². The summed E-state index contributed by atoms with van der Waals surface area (Å²) in [5.41, 5.74) is 6.24. The van der Waals surface area contributed by atoms with Crippen molar-refractivity contribution in [3.8, 4) is 0 Å². The van der Waals surface area contributed by atoms with Crippen LogP contribution in [0.1, 0.15) is 36.0 Å². The van der Waals surface area contributed by atoms with Gasteiger partial charge < -0.3 is 25.8 Å². The van der Waals surface area contributed by atoms with Crippen LogP contribution in [0, 0.1) is 0 Å². The molecule has 0 amide bonds. The molecule has 0 bridgehead atoms. The Balaban J connectivity index is 2.07. The molecule has 0 fully saturated rings. The Kier molecular flexibility index (Phi) is 9.53. The number of halogens is 3. The molecule has 1 atom stereocenters. The molecule has 9 nitrogen and oxygen atoms in total. The van der Waals surface area contributed by atoms with E-state index in [2.05, 4.69) is 30.7 Å². The van der Waals surface area contributed by atoms with Crippen molar-refractivity contribution in [2.24, 2.45) is 15.7 Å². The Morgan fingerprint density at radius 3 is 2.77 bits per heavy atom. The highest BCUT2D eigenvalue weighted by Gasteiger charge is 2.30. The van der Waals surface area contributed by atoms with Gasteiger partial charge in [0.1, 0.15) is 6.61 Å². The van der Waals surface area contributed by atoms with Crippen LogP contribution in [0.15, 0.2) is 34.3 Å². The van der Waals surface area contributed by atoms with Crippen LogP contribution in [0.3, 0.4) is 0 Å². The number of ether oxygens (including phenoxy) is 2. The molecule has 0 saturated heterocycles. The first-order chi connectivity index (χ1) is 14.8. The first-order valence-electron chi connectivity index (χ1n) is 9.80. The van der Waals surface area contributed by atoms with Crippen molar-refractivity contribution >= 4 is 23.6 Å². The molecule has 0 spiro atoms. The molecule has 1 aliphatic rings. The van der Waals surface area contributed by atoms with E-state index in [1.54, 1.807) is 18.2 Å². The van der Waals surface area contributed by atoms with Gasteiger partial charge in [-0.05, 0) is 37.6 Å². The maximum Gasteiger partial charge on any atom is 0.411 e. The second-order valence-corrected chi connectivity index (χ2v) is 6.66. The summed E-state index contributed by atoms with van der Waals surface area (Å²) < 4.78 is 47.1. The molecule has 0 saturated carbocycles. The third-order valence-electron chi connectivity index (χ3n) is 4.08. The quantitative estimate of drug-likeness (QED) is 0.322. The second kappa shape index (κ2) is 12.1. The first-order valence-corrected chi connectivity index (χ1v) is 9.80. The van der Waals surface area contributed by atoms with E-state index < -0.39 is 25.1 Å². The number of hydrogen-bond acceptors (Lipinski definition) is 7. The van der Waals surface area contributed by atoms with Crippen LogP contribution in [0.4, 0.5) is 18.9 Å². The first kappa shape index (κ1) is 24.4. The molecule has 12 heteroatoms. The minimum absolute atomic E-state index is 0.120. The highest BCUT2D eigenvalue weighted by Crippen LogP contribution is 2.16. The zero-order valence-corrected chi connectivity index (χ0v) is 17.2. The molecular weight excluding hydrogens is 417 g/mol. The number of alkyl halides is 3. The molecule has 1 unspecified atom stereocenters. The molecule has 1 aromatic rings. The van der Waals surface area contributed by atoms with Crippen LogP contribution in [0.2, 0.25) is 0 Å². The predicted molar refractivity (Wildman–Crippen MR) is 111 cm³/mol. The van der Waals surface area contributed by atoms with Crippen molar-refractivity contribution in [1.29, 1.82) is 0 Å². The van der Waals surface area contributed by atoms with Gasteiger partial charge in [0.15, 0.2) is 0 Å². The summed E-state index contributed by atoms with van der Waals surface area (Å²) in [5, 5.41) is 8.46. The van der Waals surface area contributed by atoms with E-state index in [1.165, 1.54) is 13.2 Å². The third-order valence-corrected chi connectivity index (χ3v) is 4.08. The van der Waals surface area contributed by atoms with E-state index in [0.717, 1.165) is 25.7 Å². The average molecular weight is 444 g/mol. The summed E-state index contributed by atoms with van der Waals surface area (Å²) in [6.07, 6.45) is -2.10. The fourth-order valence-corrected chi connectivity index (χ4v) is 2.63. The molecule has 0 aliphatic carbocycles. The van der Waals surface area contributed by atoms with Gasteiger partial charge in [-0.1, -0.05) is 18.9 Å². The number of esters is 1. The lowest BCUT2D eigenvalue weighted by molar-refractivity contribution is -0.186. The minimum Gasteiger partial charge on any atom is -0.465 e. The highest BCUT2D eigenvalue weighted by atomic mass is 19.4. The molecule has 2 rings (SSSR count). The largest absolute Gasteiger partial charge is 0.465 e. The Hall–Kier alpha value is -2.86. The number of unbranched alkanes of at least 4 members (excludes halogenated alkanes) is 3. The topological polar surface area (TPSA) is 122 Å². The average Bonchev–Trinajstić information content (AvgIpc) is 2.74. The Morgan fingerprint density at radius 2 is 2.06 bits per heavy atom. The standard InChI is InChI=1S/C19H27F3N6O3/c1-30-15(29)13-7-6-8-14(11-13)25-17-26-16(24-10-5-3-2-4-9-23)27-18(28-17)31-12-19(20,21)22/h6-8,11,18H,2-5,9-10,12,23H2,1H3,(H3,24,25,26,27,28). The van der Waals surface area contributed by atoms with Crippen molar-refractivity contribution in [2.75, 3.05) is 32.1 Å². The monoisotopic (exact) mass is 444 g/mol. The smallest absolute Gasteiger partial charge is 0.411 e. The van der Waals surface area contributed by atoms with Crippen molar-refractivity contribution < 1.29 is 27.4 Å². The molecular formula is C19H27F3N6O3. The maximum atomic E-state index is 12.5. The van der Waals surface area contributed by atoms with Gasteiger partial charge in [0, 0.05) is 12.2 Å².